The Kier molecular flexibility index (Phi) is 3.76. The van der Waals surface area contributed by atoms with Crippen LogP contribution in [0, 0.1) is 11.3 Å². The Labute approximate surface area is 122 Å². The normalized spacial score (nSPS) is 22.6. The van der Waals surface area contributed by atoms with Gasteiger partial charge >= 0.3 is 0 Å². The van der Waals surface area contributed by atoms with Gasteiger partial charge in [-0.2, -0.15) is 5.26 Å². The summed E-state index contributed by atoms with van der Waals surface area (Å²) in [5, 5.41) is 9.26. The zero-order valence-electron chi connectivity index (χ0n) is 10.9. The number of likely N-dealkylation sites (tertiary alicyclic amines) is 1. The topological polar surface area (TPSA) is 36.3 Å². The van der Waals surface area contributed by atoms with Gasteiger partial charge in [0.2, 0.25) is 0 Å². The van der Waals surface area contributed by atoms with Gasteiger partial charge in [-0.15, -0.1) is 0 Å². The zero-order valence-corrected chi connectivity index (χ0v) is 12.4. The van der Waals surface area contributed by atoms with Crippen LogP contribution < -0.4 is 4.74 Å². The molecule has 3 nitrogen and oxygen atoms in total. The van der Waals surface area contributed by atoms with Gasteiger partial charge < -0.3 is 4.74 Å². The number of hydrogen-bond acceptors (Lipinski definition) is 3. The van der Waals surface area contributed by atoms with Gasteiger partial charge in [0.1, 0.15) is 5.75 Å². The Morgan fingerprint density at radius 3 is 3.16 bits per heavy atom. The van der Waals surface area contributed by atoms with Crippen molar-refractivity contribution in [1.82, 2.24) is 4.90 Å². The summed E-state index contributed by atoms with van der Waals surface area (Å²) in [6.07, 6.45) is 4.34. The molecule has 3 rings (SSSR count). The highest BCUT2D eigenvalue weighted by molar-refractivity contribution is 9.10. The van der Waals surface area contributed by atoms with Crippen LogP contribution in [-0.4, -0.2) is 24.1 Å². The maximum absolute atomic E-state index is 9.26. The molecule has 0 aromatic heterocycles. The molecule has 0 bridgehead atoms. The average molecular weight is 321 g/mol. The molecular weight excluding hydrogens is 304 g/mol. The number of piperidine rings is 1. The Morgan fingerprint density at radius 1 is 1.42 bits per heavy atom. The molecular formula is C15H17BrN2O. The highest BCUT2D eigenvalue weighted by Gasteiger charge is 2.25. The first-order chi connectivity index (χ1) is 9.28. The first kappa shape index (κ1) is 13.0. The van der Waals surface area contributed by atoms with E-state index in [-0.39, 0.29) is 6.04 Å². The fourth-order valence-corrected chi connectivity index (χ4v) is 3.56. The van der Waals surface area contributed by atoms with E-state index in [1.165, 1.54) is 24.0 Å². The molecule has 4 heteroatoms. The minimum Gasteiger partial charge on any atom is -0.493 e. The molecule has 1 aromatic rings. The minimum atomic E-state index is 0.0600. The Balaban J connectivity index is 1.85. The van der Waals surface area contributed by atoms with E-state index in [9.17, 15) is 5.26 Å². The summed E-state index contributed by atoms with van der Waals surface area (Å²) in [6, 6.07) is 6.76. The largest absolute Gasteiger partial charge is 0.493 e. The molecule has 2 heterocycles. The third-order valence-corrected chi connectivity index (χ3v) is 4.42. The Morgan fingerprint density at radius 2 is 2.32 bits per heavy atom. The smallest absolute Gasteiger partial charge is 0.127 e. The van der Waals surface area contributed by atoms with Crippen molar-refractivity contribution in [2.75, 3.05) is 13.2 Å². The van der Waals surface area contributed by atoms with Crippen LogP contribution in [0.5, 0.6) is 5.75 Å². The Bertz CT molecular complexity index is 524. The summed E-state index contributed by atoms with van der Waals surface area (Å²) >= 11 is 3.57. The van der Waals surface area contributed by atoms with Crippen LogP contribution in [0.15, 0.2) is 16.6 Å². The molecule has 2 aliphatic heterocycles. The van der Waals surface area contributed by atoms with E-state index in [0.717, 1.165) is 42.8 Å². The van der Waals surface area contributed by atoms with Crippen molar-refractivity contribution in [3.05, 3.63) is 27.7 Å². The van der Waals surface area contributed by atoms with Gasteiger partial charge in [-0.1, -0.05) is 15.9 Å². The molecule has 2 aliphatic rings. The lowest BCUT2D eigenvalue weighted by atomic mass is 10.0. The number of benzene rings is 1. The lowest BCUT2D eigenvalue weighted by molar-refractivity contribution is 0.174. The molecule has 1 aromatic carbocycles. The zero-order chi connectivity index (χ0) is 13.2. The van der Waals surface area contributed by atoms with Gasteiger partial charge in [0.05, 0.1) is 18.7 Å². The van der Waals surface area contributed by atoms with Crippen LogP contribution in [0.2, 0.25) is 0 Å². The van der Waals surface area contributed by atoms with Gasteiger partial charge in [0.25, 0.3) is 0 Å². The second-order valence-electron chi connectivity index (χ2n) is 5.26. The summed E-state index contributed by atoms with van der Waals surface area (Å²) in [5.41, 5.74) is 2.50. The van der Waals surface area contributed by atoms with Gasteiger partial charge in [0, 0.05) is 23.0 Å². The molecule has 0 saturated carbocycles. The third kappa shape index (κ3) is 2.63. The van der Waals surface area contributed by atoms with E-state index in [1.54, 1.807) is 0 Å². The molecule has 0 amide bonds. The quantitative estimate of drug-likeness (QED) is 0.839. The molecule has 0 radical (unpaired) electrons. The van der Waals surface area contributed by atoms with E-state index < -0.39 is 0 Å². The summed E-state index contributed by atoms with van der Waals surface area (Å²) in [7, 11) is 0. The number of nitriles is 1. The van der Waals surface area contributed by atoms with Crippen molar-refractivity contribution in [1.29, 1.82) is 5.26 Å². The van der Waals surface area contributed by atoms with Crippen LogP contribution in [0.1, 0.15) is 30.4 Å². The van der Waals surface area contributed by atoms with Crippen molar-refractivity contribution >= 4 is 15.9 Å². The van der Waals surface area contributed by atoms with Gasteiger partial charge in [-0.25, -0.2) is 0 Å². The Hall–Kier alpha value is -1.05. The van der Waals surface area contributed by atoms with E-state index in [1.807, 2.05) is 0 Å². The number of ether oxygens (including phenoxy) is 1. The predicted molar refractivity (Wildman–Crippen MR) is 77.0 cm³/mol. The highest BCUT2D eigenvalue weighted by atomic mass is 79.9. The van der Waals surface area contributed by atoms with Crippen molar-refractivity contribution in [2.45, 2.75) is 38.3 Å². The van der Waals surface area contributed by atoms with Crippen molar-refractivity contribution in [3.63, 3.8) is 0 Å². The van der Waals surface area contributed by atoms with E-state index in [4.69, 9.17) is 4.74 Å². The maximum Gasteiger partial charge on any atom is 0.127 e. The van der Waals surface area contributed by atoms with Gasteiger partial charge in [0.15, 0.2) is 0 Å². The molecule has 1 unspecified atom stereocenters. The summed E-state index contributed by atoms with van der Waals surface area (Å²) in [5.74, 6) is 1.05. The van der Waals surface area contributed by atoms with E-state index in [0.29, 0.717) is 0 Å². The maximum atomic E-state index is 9.26. The molecule has 1 atom stereocenters. The van der Waals surface area contributed by atoms with Crippen LogP contribution >= 0.6 is 15.9 Å². The van der Waals surface area contributed by atoms with Crippen molar-refractivity contribution in [2.24, 2.45) is 0 Å². The summed E-state index contributed by atoms with van der Waals surface area (Å²) in [4.78, 5) is 2.28. The first-order valence-electron chi connectivity index (χ1n) is 6.85. The molecule has 1 saturated heterocycles. The van der Waals surface area contributed by atoms with E-state index in [2.05, 4.69) is 39.0 Å². The fourth-order valence-electron chi connectivity index (χ4n) is 3.01. The molecule has 0 spiro atoms. The van der Waals surface area contributed by atoms with Gasteiger partial charge in [-0.3, -0.25) is 4.90 Å². The highest BCUT2D eigenvalue weighted by Crippen LogP contribution is 2.34. The second kappa shape index (κ2) is 5.52. The summed E-state index contributed by atoms with van der Waals surface area (Å²) < 4.78 is 6.87. The number of nitrogens with zero attached hydrogens (tertiary/aromatic N) is 2. The SMILES string of the molecule is N#CC1CCCCN1Cc1cc(Br)cc2c1OCC2. The van der Waals surface area contributed by atoms with Crippen molar-refractivity contribution in [3.8, 4) is 11.8 Å². The van der Waals surface area contributed by atoms with Crippen LogP contribution in [0.4, 0.5) is 0 Å². The number of halogens is 1. The lowest BCUT2D eigenvalue weighted by Crippen LogP contribution is -2.37. The first-order valence-corrected chi connectivity index (χ1v) is 7.65. The summed E-state index contributed by atoms with van der Waals surface area (Å²) in [6.45, 7) is 2.61. The van der Waals surface area contributed by atoms with Crippen molar-refractivity contribution < 1.29 is 4.74 Å². The number of rotatable bonds is 2. The number of hydrogen-bond donors (Lipinski definition) is 0. The molecule has 19 heavy (non-hydrogen) atoms. The van der Waals surface area contributed by atoms with E-state index >= 15 is 0 Å². The van der Waals surface area contributed by atoms with Crippen LogP contribution in [-0.2, 0) is 13.0 Å². The predicted octanol–water partition coefficient (Wildman–Crippen LogP) is 3.26. The number of fused-ring (bicyclic) bond motifs is 1. The molecule has 0 N–H and O–H groups in total. The second-order valence-corrected chi connectivity index (χ2v) is 6.18. The van der Waals surface area contributed by atoms with Gasteiger partial charge in [-0.05, 0) is 43.5 Å². The molecule has 0 aliphatic carbocycles. The van der Waals surface area contributed by atoms with Crippen LogP contribution in [0.25, 0.3) is 0 Å². The average Bonchev–Trinajstić information content (AvgIpc) is 2.87. The minimum absolute atomic E-state index is 0.0600. The fraction of sp³-hybridized carbons (Fsp3) is 0.533. The standard InChI is InChI=1S/C15H17BrN2O/c16-13-7-11-4-6-19-15(11)12(8-13)10-18-5-2-1-3-14(18)9-17/h7-8,14H,1-6,10H2. The molecule has 1 fully saturated rings. The van der Waals surface area contributed by atoms with Crippen LogP contribution in [0.3, 0.4) is 0 Å². The lowest BCUT2D eigenvalue weighted by Gasteiger charge is -2.31. The third-order valence-electron chi connectivity index (χ3n) is 3.96. The monoisotopic (exact) mass is 320 g/mol. The molecule has 100 valence electrons.